The first-order valence-electron chi connectivity index (χ1n) is 7.53. The third-order valence-corrected chi connectivity index (χ3v) is 4.16. The van der Waals surface area contributed by atoms with Gasteiger partial charge in [-0.2, -0.15) is 23.5 Å². The lowest BCUT2D eigenvalue weighted by Gasteiger charge is -2.12. The Bertz CT molecular complexity index is 1120. The predicted molar refractivity (Wildman–Crippen MR) is 95.7 cm³/mol. The van der Waals surface area contributed by atoms with Gasteiger partial charge in [-0.15, -0.1) is 0 Å². The summed E-state index contributed by atoms with van der Waals surface area (Å²) >= 11 is 11.9. The molecular weight excluding hydrogens is 417 g/mol. The summed E-state index contributed by atoms with van der Waals surface area (Å²) in [5.41, 5.74) is -0.373. The van der Waals surface area contributed by atoms with E-state index in [1.165, 1.54) is 30.5 Å². The molecule has 9 heteroatoms. The van der Waals surface area contributed by atoms with Crippen LogP contribution in [-0.2, 0) is 6.18 Å². The van der Waals surface area contributed by atoms with Gasteiger partial charge in [0.1, 0.15) is 17.6 Å². The second-order valence-corrected chi connectivity index (χ2v) is 6.31. The largest absolute Gasteiger partial charge is 0.416 e. The van der Waals surface area contributed by atoms with Crippen molar-refractivity contribution in [3.05, 3.63) is 80.8 Å². The van der Waals surface area contributed by atoms with Crippen LogP contribution in [0.15, 0.2) is 42.6 Å². The zero-order chi connectivity index (χ0) is 20.5. The average Bonchev–Trinajstić information content (AvgIpc) is 3.02. The summed E-state index contributed by atoms with van der Waals surface area (Å²) in [6.07, 6.45) is -3.28. The molecule has 1 aromatic heterocycles. The fourth-order valence-electron chi connectivity index (χ4n) is 2.28. The van der Waals surface area contributed by atoms with Gasteiger partial charge in [0.05, 0.1) is 21.2 Å². The van der Waals surface area contributed by atoms with E-state index in [2.05, 4.69) is 16.9 Å². The normalized spacial score (nSPS) is 10.9. The highest BCUT2D eigenvalue weighted by atomic mass is 35.5. The molecule has 0 aliphatic rings. The molecule has 0 unspecified atom stereocenters. The van der Waals surface area contributed by atoms with E-state index >= 15 is 0 Å². The average molecular weight is 424 g/mol. The zero-order valence-corrected chi connectivity index (χ0v) is 15.2. The minimum atomic E-state index is -4.61. The number of aromatic nitrogens is 2. The minimum absolute atomic E-state index is 0.0114. The van der Waals surface area contributed by atoms with Crippen molar-refractivity contribution in [1.82, 2.24) is 9.78 Å². The van der Waals surface area contributed by atoms with Gasteiger partial charge in [0.2, 0.25) is 0 Å². The van der Waals surface area contributed by atoms with Crippen molar-refractivity contribution in [3.8, 4) is 23.6 Å². The molecule has 140 valence electrons. The summed E-state index contributed by atoms with van der Waals surface area (Å²) in [4.78, 5) is 0. The Morgan fingerprint density at radius 2 is 1.61 bits per heavy atom. The highest BCUT2D eigenvalue weighted by molar-refractivity contribution is 6.37. The van der Waals surface area contributed by atoms with Crippen LogP contribution < -0.4 is 0 Å². The van der Waals surface area contributed by atoms with Crippen LogP contribution in [0, 0.1) is 29.0 Å². The van der Waals surface area contributed by atoms with E-state index in [0.717, 1.165) is 16.8 Å². The molecule has 0 saturated heterocycles. The fourth-order valence-corrected chi connectivity index (χ4v) is 2.94. The van der Waals surface area contributed by atoms with Crippen LogP contribution in [0.5, 0.6) is 0 Å². The molecule has 0 fully saturated rings. The monoisotopic (exact) mass is 423 g/mol. The van der Waals surface area contributed by atoms with Crippen molar-refractivity contribution in [2.45, 2.75) is 6.18 Å². The van der Waals surface area contributed by atoms with Crippen LogP contribution in [0.2, 0.25) is 10.0 Å². The highest BCUT2D eigenvalue weighted by Gasteiger charge is 2.32. The van der Waals surface area contributed by atoms with E-state index in [4.69, 9.17) is 23.2 Å². The maximum absolute atomic E-state index is 12.9. The number of hydrogen-bond acceptors (Lipinski definition) is 2. The molecule has 3 aromatic rings. The van der Waals surface area contributed by atoms with E-state index < -0.39 is 17.6 Å². The van der Waals surface area contributed by atoms with E-state index in [-0.39, 0.29) is 27.0 Å². The maximum Gasteiger partial charge on any atom is 0.416 e. The van der Waals surface area contributed by atoms with E-state index in [1.807, 2.05) is 6.07 Å². The second kappa shape index (κ2) is 7.55. The lowest BCUT2D eigenvalue weighted by molar-refractivity contribution is -0.137. The van der Waals surface area contributed by atoms with Crippen LogP contribution in [0.25, 0.3) is 5.69 Å². The Morgan fingerprint density at radius 3 is 2.14 bits per heavy atom. The molecule has 3 rings (SSSR count). The summed E-state index contributed by atoms with van der Waals surface area (Å²) in [6.45, 7) is 0. The minimum Gasteiger partial charge on any atom is -0.235 e. The van der Waals surface area contributed by atoms with E-state index in [1.54, 1.807) is 0 Å². The van der Waals surface area contributed by atoms with Crippen LogP contribution in [0.4, 0.5) is 17.6 Å². The number of nitrogens with zero attached hydrogens (tertiary/aromatic N) is 3. The molecule has 0 amide bonds. The molecule has 0 N–H and O–H groups in total. The molecule has 0 radical (unpaired) electrons. The van der Waals surface area contributed by atoms with E-state index in [0.29, 0.717) is 5.56 Å². The van der Waals surface area contributed by atoms with Crippen LogP contribution in [-0.4, -0.2) is 9.78 Å². The first kappa shape index (κ1) is 19.8. The molecule has 0 saturated carbocycles. The van der Waals surface area contributed by atoms with Gasteiger partial charge in [0.15, 0.2) is 5.69 Å². The second-order valence-electron chi connectivity index (χ2n) is 5.49. The molecule has 0 aliphatic carbocycles. The first-order valence-corrected chi connectivity index (χ1v) is 8.28. The molecule has 0 atom stereocenters. The molecule has 0 spiro atoms. The number of nitriles is 1. The predicted octanol–water partition coefficient (Wildman–Crippen LogP) is 5.61. The SMILES string of the molecule is N#Cc1nn(-c2c(Cl)cc(C(F)(F)F)cc2Cl)cc1C#Cc1ccc(F)cc1. The van der Waals surface area contributed by atoms with Gasteiger partial charge in [0.25, 0.3) is 0 Å². The van der Waals surface area contributed by atoms with Crippen molar-refractivity contribution in [2.24, 2.45) is 0 Å². The lowest BCUT2D eigenvalue weighted by Crippen LogP contribution is -2.07. The Morgan fingerprint density at radius 1 is 1.00 bits per heavy atom. The van der Waals surface area contributed by atoms with Gasteiger partial charge < -0.3 is 0 Å². The first-order chi connectivity index (χ1) is 13.2. The van der Waals surface area contributed by atoms with Gasteiger partial charge in [-0.3, -0.25) is 0 Å². The van der Waals surface area contributed by atoms with Crippen molar-refractivity contribution >= 4 is 23.2 Å². The lowest BCUT2D eigenvalue weighted by atomic mass is 10.2. The zero-order valence-electron chi connectivity index (χ0n) is 13.7. The van der Waals surface area contributed by atoms with E-state index in [9.17, 15) is 22.8 Å². The van der Waals surface area contributed by atoms with Crippen molar-refractivity contribution in [3.63, 3.8) is 0 Å². The summed E-state index contributed by atoms with van der Waals surface area (Å²) in [6, 6.07) is 8.68. The summed E-state index contributed by atoms with van der Waals surface area (Å²) < 4.78 is 52.6. The molecular formula is C19H7Cl2F4N3. The Hall–Kier alpha value is -3.00. The number of rotatable bonds is 1. The van der Waals surface area contributed by atoms with Gasteiger partial charge in [0, 0.05) is 11.8 Å². The topological polar surface area (TPSA) is 41.6 Å². The summed E-state index contributed by atoms with van der Waals surface area (Å²) in [5, 5.41) is 12.7. The molecule has 0 bridgehead atoms. The van der Waals surface area contributed by atoms with Gasteiger partial charge >= 0.3 is 6.18 Å². The molecule has 3 nitrogen and oxygen atoms in total. The fraction of sp³-hybridized carbons (Fsp3) is 0.0526. The summed E-state index contributed by atoms with van der Waals surface area (Å²) in [7, 11) is 0. The third kappa shape index (κ3) is 4.12. The smallest absolute Gasteiger partial charge is 0.235 e. The van der Waals surface area contributed by atoms with Crippen LogP contribution >= 0.6 is 23.2 Å². The van der Waals surface area contributed by atoms with Crippen molar-refractivity contribution in [2.75, 3.05) is 0 Å². The van der Waals surface area contributed by atoms with Gasteiger partial charge in [-0.05, 0) is 36.4 Å². The number of hydrogen-bond donors (Lipinski definition) is 0. The standard InChI is InChI=1S/C19H7Cl2F4N3/c20-15-7-13(19(23,24)25)8-16(21)18(15)28-10-12(17(9-26)27-28)4-1-11-2-5-14(22)6-3-11/h2-3,5-8,10H. The Labute approximate surface area is 166 Å². The van der Waals surface area contributed by atoms with Crippen molar-refractivity contribution < 1.29 is 17.6 Å². The third-order valence-electron chi connectivity index (χ3n) is 3.58. The Kier molecular flexibility index (Phi) is 5.33. The molecule has 1 heterocycles. The van der Waals surface area contributed by atoms with Crippen LogP contribution in [0.3, 0.4) is 0 Å². The molecule has 28 heavy (non-hydrogen) atoms. The molecule has 0 aliphatic heterocycles. The summed E-state index contributed by atoms with van der Waals surface area (Å²) in [5.74, 6) is 5.06. The maximum atomic E-state index is 12.9. The number of benzene rings is 2. The highest BCUT2D eigenvalue weighted by Crippen LogP contribution is 2.37. The van der Waals surface area contributed by atoms with Crippen LogP contribution in [0.1, 0.15) is 22.4 Å². The van der Waals surface area contributed by atoms with Gasteiger partial charge in [-0.25, -0.2) is 9.07 Å². The number of alkyl halides is 3. The molecule has 2 aromatic carbocycles. The Balaban J connectivity index is 2.04. The quantitative estimate of drug-likeness (QED) is 0.377. The number of halogens is 6. The van der Waals surface area contributed by atoms with Gasteiger partial charge in [-0.1, -0.05) is 35.0 Å². The van der Waals surface area contributed by atoms with Crippen molar-refractivity contribution in [1.29, 1.82) is 5.26 Å².